The number of rotatable bonds is 4. The Labute approximate surface area is 133 Å². The summed E-state index contributed by atoms with van der Waals surface area (Å²) in [5.74, 6) is 1.68. The maximum atomic E-state index is 5.47. The number of halogens is 1. The fourth-order valence-electron chi connectivity index (χ4n) is 3.29. The molecule has 0 bridgehead atoms. The average Bonchev–Trinajstić information content (AvgIpc) is 3.24. The topological polar surface area (TPSA) is 33.7 Å². The summed E-state index contributed by atoms with van der Waals surface area (Å²) in [5.41, 5.74) is 1.25. The minimum absolute atomic E-state index is 0.324. The molecule has 1 saturated carbocycles. The summed E-state index contributed by atoms with van der Waals surface area (Å²) in [6.45, 7) is 3.73. The van der Waals surface area contributed by atoms with Gasteiger partial charge >= 0.3 is 0 Å². The quantitative estimate of drug-likeness (QED) is 0.903. The van der Waals surface area contributed by atoms with E-state index in [0.29, 0.717) is 12.8 Å². The van der Waals surface area contributed by atoms with Crippen LogP contribution in [0.25, 0.3) is 0 Å². The molecule has 0 amide bonds. The molecule has 0 spiro atoms. The molecular formula is C16H21BrN2O2. The molecule has 1 N–H and O–H groups in total. The standard InChI is InChI=1S/C16H21BrN2O2/c17-14-7-11(8-15-16(14)21-10-20-15)9-18-12-3-5-19(6-4-12)13-1-2-13/h7-8,12-13,18H,1-6,9-10H2. The summed E-state index contributed by atoms with van der Waals surface area (Å²) in [6, 6.07) is 5.76. The fourth-order valence-corrected chi connectivity index (χ4v) is 3.90. The molecule has 0 radical (unpaired) electrons. The van der Waals surface area contributed by atoms with E-state index in [1.54, 1.807) is 0 Å². The van der Waals surface area contributed by atoms with Crippen LogP contribution < -0.4 is 14.8 Å². The Morgan fingerprint density at radius 3 is 2.71 bits per heavy atom. The van der Waals surface area contributed by atoms with Crippen LogP contribution in [0.3, 0.4) is 0 Å². The third-order valence-corrected chi connectivity index (χ3v) is 5.26. The lowest BCUT2D eigenvalue weighted by Gasteiger charge is -2.32. The Kier molecular flexibility index (Phi) is 3.81. The molecule has 1 aromatic rings. The zero-order valence-electron chi connectivity index (χ0n) is 12.1. The molecule has 3 aliphatic rings. The van der Waals surface area contributed by atoms with Gasteiger partial charge in [0.15, 0.2) is 11.5 Å². The van der Waals surface area contributed by atoms with Gasteiger partial charge in [-0.15, -0.1) is 0 Å². The second-order valence-corrected chi connectivity index (χ2v) is 7.09. The van der Waals surface area contributed by atoms with Crippen molar-refractivity contribution in [3.05, 3.63) is 22.2 Å². The highest BCUT2D eigenvalue weighted by Gasteiger charge is 2.31. The molecule has 2 aliphatic heterocycles. The third-order valence-electron chi connectivity index (χ3n) is 4.67. The molecule has 5 heteroatoms. The third kappa shape index (κ3) is 3.05. The van der Waals surface area contributed by atoms with Gasteiger partial charge in [0.2, 0.25) is 6.79 Å². The van der Waals surface area contributed by atoms with Gasteiger partial charge < -0.3 is 19.7 Å². The van der Waals surface area contributed by atoms with Gasteiger partial charge in [0, 0.05) is 18.6 Å². The van der Waals surface area contributed by atoms with Gasteiger partial charge in [-0.25, -0.2) is 0 Å². The smallest absolute Gasteiger partial charge is 0.231 e. The molecule has 2 fully saturated rings. The Morgan fingerprint density at radius 2 is 1.95 bits per heavy atom. The molecule has 2 heterocycles. The van der Waals surface area contributed by atoms with Crippen LogP contribution in [0, 0.1) is 0 Å². The predicted octanol–water partition coefficient (Wildman–Crippen LogP) is 2.89. The van der Waals surface area contributed by atoms with E-state index >= 15 is 0 Å². The maximum absolute atomic E-state index is 5.47. The van der Waals surface area contributed by atoms with E-state index in [9.17, 15) is 0 Å². The number of fused-ring (bicyclic) bond motifs is 1. The van der Waals surface area contributed by atoms with Crippen molar-refractivity contribution in [2.75, 3.05) is 19.9 Å². The summed E-state index contributed by atoms with van der Waals surface area (Å²) in [4.78, 5) is 2.66. The lowest BCUT2D eigenvalue weighted by molar-refractivity contribution is 0.173. The van der Waals surface area contributed by atoms with Crippen molar-refractivity contribution in [2.45, 2.75) is 44.3 Å². The number of benzene rings is 1. The second-order valence-electron chi connectivity index (χ2n) is 6.23. The van der Waals surface area contributed by atoms with Crippen molar-refractivity contribution in [2.24, 2.45) is 0 Å². The summed E-state index contributed by atoms with van der Waals surface area (Å²) in [7, 11) is 0. The molecule has 1 aliphatic carbocycles. The van der Waals surface area contributed by atoms with Crippen LogP contribution in [-0.2, 0) is 6.54 Å². The summed E-state index contributed by atoms with van der Waals surface area (Å²) in [5, 5.41) is 3.69. The molecule has 114 valence electrons. The lowest BCUT2D eigenvalue weighted by Crippen LogP contribution is -2.43. The molecule has 0 aromatic heterocycles. The molecule has 1 saturated heterocycles. The number of hydrogen-bond donors (Lipinski definition) is 1. The van der Waals surface area contributed by atoms with Crippen LogP contribution in [0.2, 0.25) is 0 Å². The van der Waals surface area contributed by atoms with Crippen LogP contribution in [0.5, 0.6) is 11.5 Å². The van der Waals surface area contributed by atoms with Gasteiger partial charge in [0.05, 0.1) is 4.47 Å². The first kappa shape index (κ1) is 13.9. The summed E-state index contributed by atoms with van der Waals surface area (Å²) >= 11 is 3.56. The van der Waals surface area contributed by atoms with Gasteiger partial charge in [-0.2, -0.15) is 0 Å². The van der Waals surface area contributed by atoms with Crippen LogP contribution in [0.1, 0.15) is 31.2 Å². The predicted molar refractivity (Wildman–Crippen MR) is 84.7 cm³/mol. The molecule has 4 nitrogen and oxygen atoms in total. The SMILES string of the molecule is Brc1cc(CNC2CCN(C3CC3)CC2)cc2c1OCO2. The van der Waals surface area contributed by atoms with Crippen molar-refractivity contribution in [1.29, 1.82) is 0 Å². The van der Waals surface area contributed by atoms with Gasteiger partial charge in [-0.1, -0.05) is 0 Å². The van der Waals surface area contributed by atoms with Crippen LogP contribution in [0.15, 0.2) is 16.6 Å². The number of ether oxygens (including phenoxy) is 2. The fraction of sp³-hybridized carbons (Fsp3) is 0.625. The van der Waals surface area contributed by atoms with E-state index in [0.717, 1.165) is 28.6 Å². The molecule has 1 aromatic carbocycles. The number of hydrogen-bond acceptors (Lipinski definition) is 4. The number of likely N-dealkylation sites (tertiary alicyclic amines) is 1. The van der Waals surface area contributed by atoms with Crippen LogP contribution in [0.4, 0.5) is 0 Å². The average molecular weight is 353 g/mol. The van der Waals surface area contributed by atoms with Crippen molar-refractivity contribution >= 4 is 15.9 Å². The number of nitrogens with one attached hydrogen (secondary N) is 1. The molecular weight excluding hydrogens is 332 g/mol. The summed E-state index contributed by atoms with van der Waals surface area (Å²) in [6.07, 6.45) is 5.37. The van der Waals surface area contributed by atoms with Gasteiger partial charge in [0.25, 0.3) is 0 Å². The van der Waals surface area contributed by atoms with E-state index in [1.807, 2.05) is 0 Å². The first-order valence-corrected chi connectivity index (χ1v) is 8.64. The Balaban J connectivity index is 1.32. The van der Waals surface area contributed by atoms with Gasteiger partial charge in [-0.05, 0) is 72.4 Å². The van der Waals surface area contributed by atoms with Gasteiger partial charge in [0.1, 0.15) is 0 Å². The highest BCUT2D eigenvalue weighted by atomic mass is 79.9. The van der Waals surface area contributed by atoms with Crippen LogP contribution >= 0.6 is 15.9 Å². The van der Waals surface area contributed by atoms with Crippen molar-refractivity contribution < 1.29 is 9.47 Å². The highest BCUT2D eigenvalue weighted by Crippen LogP contribution is 2.40. The van der Waals surface area contributed by atoms with E-state index in [4.69, 9.17) is 9.47 Å². The zero-order valence-corrected chi connectivity index (χ0v) is 13.7. The summed E-state index contributed by atoms with van der Waals surface area (Å²) < 4.78 is 11.9. The highest BCUT2D eigenvalue weighted by molar-refractivity contribution is 9.10. The zero-order chi connectivity index (χ0) is 14.2. The van der Waals surface area contributed by atoms with E-state index in [-0.39, 0.29) is 0 Å². The van der Waals surface area contributed by atoms with E-state index in [2.05, 4.69) is 38.3 Å². The Hall–Kier alpha value is -0.780. The Morgan fingerprint density at radius 1 is 1.14 bits per heavy atom. The van der Waals surface area contributed by atoms with E-state index in [1.165, 1.54) is 44.3 Å². The van der Waals surface area contributed by atoms with Crippen molar-refractivity contribution in [3.8, 4) is 11.5 Å². The Bertz CT molecular complexity index is 525. The number of nitrogens with zero attached hydrogens (tertiary/aromatic N) is 1. The van der Waals surface area contributed by atoms with Crippen LogP contribution in [-0.4, -0.2) is 36.9 Å². The monoisotopic (exact) mass is 352 g/mol. The van der Waals surface area contributed by atoms with Crippen molar-refractivity contribution in [3.63, 3.8) is 0 Å². The lowest BCUT2D eigenvalue weighted by atomic mass is 10.0. The normalized spacial score (nSPS) is 22.7. The minimum Gasteiger partial charge on any atom is -0.454 e. The molecule has 4 rings (SSSR count). The van der Waals surface area contributed by atoms with E-state index < -0.39 is 0 Å². The number of piperidine rings is 1. The first-order chi connectivity index (χ1) is 10.3. The molecule has 21 heavy (non-hydrogen) atoms. The van der Waals surface area contributed by atoms with Crippen molar-refractivity contribution in [1.82, 2.24) is 10.2 Å². The minimum atomic E-state index is 0.324. The second kappa shape index (κ2) is 5.78. The first-order valence-electron chi connectivity index (χ1n) is 7.85. The molecule has 0 unspecified atom stereocenters. The molecule has 0 atom stereocenters. The largest absolute Gasteiger partial charge is 0.454 e. The van der Waals surface area contributed by atoms with Gasteiger partial charge in [-0.3, -0.25) is 0 Å². The maximum Gasteiger partial charge on any atom is 0.231 e.